The van der Waals surface area contributed by atoms with Gasteiger partial charge in [-0.15, -0.1) is 0 Å². The van der Waals surface area contributed by atoms with Crippen molar-refractivity contribution in [3.05, 3.63) is 28.2 Å². The van der Waals surface area contributed by atoms with Crippen molar-refractivity contribution < 1.29 is 19.7 Å². The highest BCUT2D eigenvalue weighted by molar-refractivity contribution is 5.92. The molecule has 0 fully saturated rings. The molecule has 0 saturated heterocycles. The summed E-state index contributed by atoms with van der Waals surface area (Å²) in [6, 6.07) is 2.52. The summed E-state index contributed by atoms with van der Waals surface area (Å²) in [6.07, 6.45) is 0. The molecule has 1 aromatic rings. The van der Waals surface area contributed by atoms with E-state index in [9.17, 15) is 9.59 Å². The van der Waals surface area contributed by atoms with E-state index in [1.807, 2.05) is 0 Å². The van der Waals surface area contributed by atoms with Gasteiger partial charge in [0.25, 0.3) is 11.5 Å². The number of methoxy groups -OCH3 is 1. The minimum absolute atomic E-state index is 0.0221. The molecule has 3 N–H and O–H groups in total. The molecule has 0 saturated carbocycles. The average Bonchev–Trinajstić information content (AvgIpc) is 2.46. The molecule has 8 nitrogen and oxygen atoms in total. The van der Waals surface area contributed by atoms with Crippen LogP contribution in [0.4, 0.5) is 0 Å². The molecule has 1 rings (SSSR count). The lowest BCUT2D eigenvalue weighted by atomic mass is 10.1. The van der Waals surface area contributed by atoms with Crippen molar-refractivity contribution in [2.45, 2.75) is 19.0 Å². The second-order valence-corrected chi connectivity index (χ2v) is 4.60. The predicted octanol–water partition coefficient (Wildman–Crippen LogP) is -1.64. The number of hydrogen-bond donors (Lipinski definition) is 3. The number of aliphatic hydroxyl groups excluding tert-OH is 2. The van der Waals surface area contributed by atoms with Crippen LogP contribution in [0, 0.1) is 0 Å². The Morgan fingerprint density at radius 1 is 1.45 bits per heavy atom. The van der Waals surface area contributed by atoms with Gasteiger partial charge in [-0.3, -0.25) is 9.59 Å². The Balaban J connectivity index is 2.91. The predicted molar refractivity (Wildman–Crippen MR) is 70.4 cm³/mol. The van der Waals surface area contributed by atoms with E-state index in [1.165, 1.54) is 26.2 Å². The molecular formula is C12H19N3O5. The van der Waals surface area contributed by atoms with E-state index in [0.717, 1.165) is 4.68 Å². The van der Waals surface area contributed by atoms with Crippen LogP contribution in [0.25, 0.3) is 0 Å². The molecule has 1 amide bonds. The van der Waals surface area contributed by atoms with Crippen LogP contribution in [-0.4, -0.2) is 58.4 Å². The summed E-state index contributed by atoms with van der Waals surface area (Å²) in [6.45, 7) is 1.18. The SMILES string of the molecule is COCCn1nc(C(=O)NC(C)(CO)CO)ccc1=O. The number of nitrogens with zero attached hydrogens (tertiary/aromatic N) is 2. The summed E-state index contributed by atoms with van der Waals surface area (Å²) in [7, 11) is 1.50. The van der Waals surface area contributed by atoms with Crippen molar-refractivity contribution in [3.8, 4) is 0 Å². The summed E-state index contributed by atoms with van der Waals surface area (Å²) in [5, 5.41) is 24.6. The number of carbonyl (C=O) groups excluding carboxylic acids is 1. The van der Waals surface area contributed by atoms with Gasteiger partial charge < -0.3 is 20.3 Å². The van der Waals surface area contributed by atoms with Gasteiger partial charge in [-0.2, -0.15) is 5.10 Å². The summed E-state index contributed by atoms with van der Waals surface area (Å²) < 4.78 is 5.97. The van der Waals surface area contributed by atoms with Crippen LogP contribution in [-0.2, 0) is 11.3 Å². The lowest BCUT2D eigenvalue weighted by Crippen LogP contribution is -2.52. The summed E-state index contributed by atoms with van der Waals surface area (Å²) in [5.74, 6) is -0.582. The molecular weight excluding hydrogens is 266 g/mol. The normalized spacial score (nSPS) is 11.4. The highest BCUT2D eigenvalue weighted by Gasteiger charge is 2.25. The van der Waals surface area contributed by atoms with Crippen molar-refractivity contribution in [2.75, 3.05) is 26.9 Å². The van der Waals surface area contributed by atoms with Crippen LogP contribution in [0.3, 0.4) is 0 Å². The molecule has 0 spiro atoms. The van der Waals surface area contributed by atoms with E-state index in [-0.39, 0.29) is 17.8 Å². The monoisotopic (exact) mass is 285 g/mol. The molecule has 0 radical (unpaired) electrons. The standard InChI is InChI=1S/C12H19N3O5/c1-12(7-16,8-17)13-11(19)9-3-4-10(18)15(14-9)5-6-20-2/h3-4,16-17H,5-8H2,1-2H3,(H,13,19). The fourth-order valence-corrected chi connectivity index (χ4v) is 1.38. The Bertz CT molecular complexity index is 510. The highest BCUT2D eigenvalue weighted by atomic mass is 16.5. The number of carbonyl (C=O) groups is 1. The zero-order valence-electron chi connectivity index (χ0n) is 11.5. The van der Waals surface area contributed by atoms with Crippen molar-refractivity contribution in [3.63, 3.8) is 0 Å². The van der Waals surface area contributed by atoms with Gasteiger partial charge in [0.1, 0.15) is 5.69 Å². The van der Waals surface area contributed by atoms with E-state index >= 15 is 0 Å². The van der Waals surface area contributed by atoms with Crippen molar-refractivity contribution in [2.24, 2.45) is 0 Å². The van der Waals surface area contributed by atoms with Crippen molar-refractivity contribution in [1.82, 2.24) is 15.1 Å². The minimum atomic E-state index is -1.15. The van der Waals surface area contributed by atoms with Crippen LogP contribution in [0.5, 0.6) is 0 Å². The molecule has 1 aromatic heterocycles. The molecule has 0 aliphatic rings. The summed E-state index contributed by atoms with van der Waals surface area (Å²) in [5.41, 5.74) is -1.47. The molecule has 0 aliphatic heterocycles. The first kappa shape index (κ1) is 16.3. The van der Waals surface area contributed by atoms with Crippen molar-refractivity contribution in [1.29, 1.82) is 0 Å². The number of aliphatic hydroxyl groups is 2. The number of amides is 1. The van der Waals surface area contributed by atoms with Crippen molar-refractivity contribution >= 4 is 5.91 Å². The van der Waals surface area contributed by atoms with E-state index in [4.69, 9.17) is 14.9 Å². The first-order valence-corrected chi connectivity index (χ1v) is 6.07. The Hall–Kier alpha value is -1.77. The molecule has 112 valence electrons. The largest absolute Gasteiger partial charge is 0.394 e. The van der Waals surface area contributed by atoms with E-state index in [0.29, 0.717) is 6.61 Å². The van der Waals surface area contributed by atoms with Crippen LogP contribution >= 0.6 is 0 Å². The maximum absolute atomic E-state index is 12.0. The van der Waals surface area contributed by atoms with Gasteiger partial charge in [-0.05, 0) is 13.0 Å². The molecule has 20 heavy (non-hydrogen) atoms. The first-order chi connectivity index (χ1) is 9.45. The second-order valence-electron chi connectivity index (χ2n) is 4.60. The van der Waals surface area contributed by atoms with Gasteiger partial charge in [0.15, 0.2) is 0 Å². The zero-order valence-corrected chi connectivity index (χ0v) is 11.5. The first-order valence-electron chi connectivity index (χ1n) is 6.07. The van der Waals surface area contributed by atoms with E-state index in [2.05, 4.69) is 10.4 Å². The van der Waals surface area contributed by atoms with Gasteiger partial charge in [0.2, 0.25) is 0 Å². The number of nitrogens with one attached hydrogen (secondary N) is 1. The topological polar surface area (TPSA) is 114 Å². The second kappa shape index (κ2) is 7.13. The summed E-state index contributed by atoms with van der Waals surface area (Å²) >= 11 is 0. The molecule has 0 unspecified atom stereocenters. The Morgan fingerprint density at radius 3 is 2.65 bits per heavy atom. The number of rotatable bonds is 7. The molecule has 0 aliphatic carbocycles. The number of aromatic nitrogens is 2. The van der Waals surface area contributed by atoms with Gasteiger partial charge in [0, 0.05) is 13.2 Å². The summed E-state index contributed by atoms with van der Waals surface area (Å²) in [4.78, 5) is 23.5. The zero-order chi connectivity index (χ0) is 15.2. The van der Waals surface area contributed by atoms with Gasteiger partial charge in [-0.1, -0.05) is 0 Å². The quantitative estimate of drug-likeness (QED) is 0.554. The third-order valence-electron chi connectivity index (χ3n) is 2.72. The third kappa shape index (κ3) is 4.12. The van der Waals surface area contributed by atoms with Gasteiger partial charge in [0.05, 0.1) is 31.9 Å². The molecule has 1 heterocycles. The van der Waals surface area contributed by atoms with Gasteiger partial charge >= 0.3 is 0 Å². The lowest BCUT2D eigenvalue weighted by Gasteiger charge is -2.25. The minimum Gasteiger partial charge on any atom is -0.394 e. The van der Waals surface area contributed by atoms with Crippen LogP contribution < -0.4 is 10.9 Å². The molecule has 0 aromatic carbocycles. The Morgan fingerprint density at radius 2 is 2.10 bits per heavy atom. The molecule has 8 heteroatoms. The van der Waals surface area contributed by atoms with Crippen LogP contribution in [0.1, 0.15) is 17.4 Å². The lowest BCUT2D eigenvalue weighted by molar-refractivity contribution is 0.0716. The van der Waals surface area contributed by atoms with E-state index < -0.39 is 24.7 Å². The molecule has 0 atom stereocenters. The van der Waals surface area contributed by atoms with Crippen LogP contribution in [0.2, 0.25) is 0 Å². The fourth-order valence-electron chi connectivity index (χ4n) is 1.38. The Labute approximate surface area is 116 Å². The number of hydrogen-bond acceptors (Lipinski definition) is 6. The van der Waals surface area contributed by atoms with E-state index in [1.54, 1.807) is 0 Å². The van der Waals surface area contributed by atoms with Crippen LogP contribution in [0.15, 0.2) is 16.9 Å². The fraction of sp³-hybridized carbons (Fsp3) is 0.583. The third-order valence-corrected chi connectivity index (χ3v) is 2.72. The maximum Gasteiger partial charge on any atom is 0.272 e. The Kier molecular flexibility index (Phi) is 5.81. The van der Waals surface area contributed by atoms with Gasteiger partial charge in [-0.25, -0.2) is 4.68 Å². The smallest absolute Gasteiger partial charge is 0.272 e. The molecule has 0 bridgehead atoms. The average molecular weight is 285 g/mol. The maximum atomic E-state index is 12.0. The number of ether oxygens (including phenoxy) is 1. The highest BCUT2D eigenvalue weighted by Crippen LogP contribution is 2.03.